The molecule has 1 heterocycles. The Hall–Kier alpha value is -1.12. The van der Waals surface area contributed by atoms with E-state index in [9.17, 15) is 0 Å². The van der Waals surface area contributed by atoms with Crippen molar-refractivity contribution in [3.8, 4) is 0 Å². The molecule has 0 amide bonds. The van der Waals surface area contributed by atoms with Crippen molar-refractivity contribution in [1.82, 2.24) is 10.2 Å². The minimum Gasteiger partial charge on any atom is -0.313 e. The first-order valence-electron chi connectivity index (χ1n) is 8.20. The van der Waals surface area contributed by atoms with E-state index in [2.05, 4.69) is 68.3 Å². The van der Waals surface area contributed by atoms with Crippen LogP contribution in [0.25, 0.3) is 0 Å². The number of nitrogens with zero attached hydrogens (tertiary/aromatic N) is 1. The van der Waals surface area contributed by atoms with Gasteiger partial charge in [0.25, 0.3) is 0 Å². The van der Waals surface area contributed by atoms with E-state index in [1.807, 2.05) is 0 Å². The van der Waals surface area contributed by atoms with Crippen LogP contribution in [0.3, 0.4) is 0 Å². The molecule has 1 N–H and O–H groups in total. The average Bonchev–Trinajstić information content (AvgIpc) is 2.46. The van der Waals surface area contributed by atoms with Crippen molar-refractivity contribution in [3.05, 3.63) is 47.0 Å². The lowest BCUT2D eigenvalue weighted by molar-refractivity contribution is 0.270. The van der Waals surface area contributed by atoms with Gasteiger partial charge in [-0.15, -0.1) is 0 Å². The van der Waals surface area contributed by atoms with Gasteiger partial charge in [-0.3, -0.25) is 4.90 Å². The van der Waals surface area contributed by atoms with Crippen LogP contribution in [0.2, 0.25) is 0 Å². The maximum Gasteiger partial charge on any atom is 0.0240 e. The predicted octanol–water partition coefficient (Wildman–Crippen LogP) is 3.97. The summed E-state index contributed by atoms with van der Waals surface area (Å²) in [6.45, 7) is 14.4. The molecule has 0 bridgehead atoms. The molecule has 0 unspecified atom stereocenters. The molecule has 2 rings (SSSR count). The van der Waals surface area contributed by atoms with Gasteiger partial charge in [0.05, 0.1) is 0 Å². The van der Waals surface area contributed by atoms with Gasteiger partial charge in [-0.05, 0) is 29.5 Å². The number of benzene rings is 1. The van der Waals surface area contributed by atoms with Gasteiger partial charge < -0.3 is 5.32 Å². The first-order valence-corrected chi connectivity index (χ1v) is 8.20. The summed E-state index contributed by atoms with van der Waals surface area (Å²) < 4.78 is 0. The van der Waals surface area contributed by atoms with E-state index in [4.69, 9.17) is 0 Å². The highest BCUT2D eigenvalue weighted by Crippen LogP contribution is 2.30. The third-order valence-corrected chi connectivity index (χ3v) is 4.33. The van der Waals surface area contributed by atoms with Gasteiger partial charge in [0.2, 0.25) is 0 Å². The molecule has 0 radical (unpaired) electrons. The smallest absolute Gasteiger partial charge is 0.0240 e. The van der Waals surface area contributed by atoms with Crippen molar-refractivity contribution in [2.24, 2.45) is 5.41 Å². The van der Waals surface area contributed by atoms with Crippen molar-refractivity contribution < 1.29 is 0 Å². The lowest BCUT2D eigenvalue weighted by Crippen LogP contribution is -2.31. The van der Waals surface area contributed by atoms with Crippen LogP contribution >= 0.6 is 0 Å². The lowest BCUT2D eigenvalue weighted by Gasteiger charge is -2.32. The van der Waals surface area contributed by atoms with Crippen LogP contribution in [-0.4, -0.2) is 24.5 Å². The third-order valence-electron chi connectivity index (χ3n) is 4.33. The molecule has 0 atom stereocenters. The zero-order valence-electron chi connectivity index (χ0n) is 14.1. The van der Waals surface area contributed by atoms with Crippen molar-refractivity contribution in [3.63, 3.8) is 0 Å². The van der Waals surface area contributed by atoms with Crippen molar-refractivity contribution in [2.45, 2.75) is 47.2 Å². The standard InChI is InChI=1S/C19H30N2/c1-5-20-14-16-8-6-7-9-17(16)15-21-12-10-18(11-13-21)19(2,3)4/h6-10,20H,5,11-15H2,1-4H3. The van der Waals surface area contributed by atoms with E-state index >= 15 is 0 Å². The molecule has 1 aliphatic rings. The highest BCUT2D eigenvalue weighted by molar-refractivity contribution is 5.27. The zero-order chi connectivity index (χ0) is 15.3. The average molecular weight is 286 g/mol. The predicted molar refractivity (Wildman–Crippen MR) is 91.3 cm³/mol. The second kappa shape index (κ2) is 7.24. The molecule has 1 aliphatic heterocycles. The SMILES string of the molecule is CCNCc1ccccc1CN1CC=C(C(C)(C)C)CC1. The Balaban J connectivity index is 1.99. The Bertz CT molecular complexity index is 483. The van der Waals surface area contributed by atoms with Crippen molar-refractivity contribution in [1.29, 1.82) is 0 Å². The van der Waals surface area contributed by atoms with Crippen molar-refractivity contribution >= 4 is 0 Å². The van der Waals surface area contributed by atoms with Gasteiger partial charge in [0.1, 0.15) is 0 Å². The third kappa shape index (κ3) is 4.69. The fourth-order valence-electron chi connectivity index (χ4n) is 2.92. The molecule has 21 heavy (non-hydrogen) atoms. The van der Waals surface area contributed by atoms with Crippen LogP contribution in [0.5, 0.6) is 0 Å². The van der Waals surface area contributed by atoms with E-state index in [1.54, 1.807) is 5.57 Å². The number of nitrogens with one attached hydrogen (secondary N) is 1. The van der Waals surface area contributed by atoms with Crippen LogP contribution < -0.4 is 5.32 Å². The van der Waals surface area contributed by atoms with Crippen LogP contribution in [0, 0.1) is 5.41 Å². The summed E-state index contributed by atoms with van der Waals surface area (Å²) >= 11 is 0. The van der Waals surface area contributed by atoms with Gasteiger partial charge in [-0.1, -0.05) is 63.6 Å². The van der Waals surface area contributed by atoms with Crippen LogP contribution in [0.1, 0.15) is 45.2 Å². The van der Waals surface area contributed by atoms with Gasteiger partial charge in [0, 0.05) is 26.2 Å². The molecule has 0 fully saturated rings. The summed E-state index contributed by atoms with van der Waals surface area (Å²) in [5, 5.41) is 3.44. The Morgan fingerprint density at radius 3 is 2.43 bits per heavy atom. The highest BCUT2D eigenvalue weighted by Gasteiger charge is 2.21. The first kappa shape index (κ1) is 16.3. The number of hydrogen-bond donors (Lipinski definition) is 1. The monoisotopic (exact) mass is 286 g/mol. The molecule has 116 valence electrons. The highest BCUT2D eigenvalue weighted by atomic mass is 15.1. The number of hydrogen-bond acceptors (Lipinski definition) is 2. The molecule has 0 spiro atoms. The fourth-order valence-corrected chi connectivity index (χ4v) is 2.92. The van der Waals surface area contributed by atoms with E-state index in [0.717, 1.165) is 26.2 Å². The summed E-state index contributed by atoms with van der Waals surface area (Å²) in [4.78, 5) is 2.56. The summed E-state index contributed by atoms with van der Waals surface area (Å²) in [6.07, 6.45) is 3.65. The Kier molecular flexibility index (Phi) is 5.60. The topological polar surface area (TPSA) is 15.3 Å². The van der Waals surface area contributed by atoms with Gasteiger partial charge >= 0.3 is 0 Å². The minimum absolute atomic E-state index is 0.328. The summed E-state index contributed by atoms with van der Waals surface area (Å²) in [5.41, 5.74) is 4.84. The first-order chi connectivity index (χ1) is 10.0. The van der Waals surface area contributed by atoms with Gasteiger partial charge in [-0.25, -0.2) is 0 Å². The molecule has 0 aliphatic carbocycles. The van der Waals surface area contributed by atoms with E-state index in [1.165, 1.54) is 24.1 Å². The molecule has 2 heteroatoms. The van der Waals surface area contributed by atoms with Crippen LogP contribution in [0.4, 0.5) is 0 Å². The van der Waals surface area contributed by atoms with E-state index in [0.29, 0.717) is 5.41 Å². The molecule has 1 aromatic rings. The zero-order valence-corrected chi connectivity index (χ0v) is 14.1. The molecule has 2 nitrogen and oxygen atoms in total. The normalized spacial score (nSPS) is 16.9. The largest absolute Gasteiger partial charge is 0.313 e. The van der Waals surface area contributed by atoms with Crippen LogP contribution in [0.15, 0.2) is 35.9 Å². The lowest BCUT2D eigenvalue weighted by atomic mass is 9.83. The molecular weight excluding hydrogens is 256 g/mol. The molecule has 0 saturated carbocycles. The quantitative estimate of drug-likeness (QED) is 0.824. The number of rotatable bonds is 5. The van der Waals surface area contributed by atoms with E-state index < -0.39 is 0 Å². The maximum atomic E-state index is 3.44. The fraction of sp³-hybridized carbons (Fsp3) is 0.579. The summed E-state index contributed by atoms with van der Waals surface area (Å²) in [6, 6.07) is 8.82. The van der Waals surface area contributed by atoms with E-state index in [-0.39, 0.29) is 0 Å². The summed E-state index contributed by atoms with van der Waals surface area (Å²) in [5.74, 6) is 0. The van der Waals surface area contributed by atoms with Crippen LogP contribution in [-0.2, 0) is 13.1 Å². The Morgan fingerprint density at radius 2 is 1.86 bits per heavy atom. The molecule has 0 saturated heterocycles. The molecular formula is C19H30N2. The second-order valence-corrected chi connectivity index (χ2v) is 7.01. The minimum atomic E-state index is 0.328. The molecule has 1 aromatic carbocycles. The summed E-state index contributed by atoms with van der Waals surface area (Å²) in [7, 11) is 0. The molecule has 0 aromatic heterocycles. The van der Waals surface area contributed by atoms with Gasteiger partial charge in [0.15, 0.2) is 0 Å². The second-order valence-electron chi connectivity index (χ2n) is 7.01. The van der Waals surface area contributed by atoms with Gasteiger partial charge in [-0.2, -0.15) is 0 Å². The van der Waals surface area contributed by atoms with Crippen molar-refractivity contribution in [2.75, 3.05) is 19.6 Å². The Morgan fingerprint density at radius 1 is 1.14 bits per heavy atom. The maximum absolute atomic E-state index is 3.44. The Labute approximate surface area is 130 Å².